The van der Waals surface area contributed by atoms with E-state index in [1.54, 1.807) is 0 Å². The van der Waals surface area contributed by atoms with Gasteiger partial charge in [-0.1, -0.05) is 60.7 Å². The number of hydrogen-bond donors (Lipinski definition) is 2. The normalized spacial score (nSPS) is 24.6. The van der Waals surface area contributed by atoms with Gasteiger partial charge in [0.15, 0.2) is 0 Å². The second kappa shape index (κ2) is 14.6. The van der Waals surface area contributed by atoms with Crippen molar-refractivity contribution in [3.63, 3.8) is 0 Å². The molecule has 2 aromatic heterocycles. The van der Waals surface area contributed by atoms with Gasteiger partial charge in [0.2, 0.25) is 5.78 Å². The molecular formula is C55H52F2N4O3. The highest BCUT2D eigenvalue weighted by Crippen LogP contribution is 2.55. The molecule has 0 bridgehead atoms. The summed E-state index contributed by atoms with van der Waals surface area (Å²) in [4.78, 5) is 27.7. The van der Waals surface area contributed by atoms with E-state index in [-0.39, 0.29) is 11.4 Å². The van der Waals surface area contributed by atoms with Crippen molar-refractivity contribution >= 4 is 17.2 Å². The Morgan fingerprint density at radius 1 is 0.625 bits per heavy atom. The predicted molar refractivity (Wildman–Crippen MR) is 245 cm³/mol. The van der Waals surface area contributed by atoms with Crippen LogP contribution in [0.25, 0.3) is 22.3 Å². The number of carbonyl (C=O) groups excluding carboxylic acids is 1. The molecule has 6 aromatic rings. The highest BCUT2D eigenvalue weighted by Gasteiger charge is 2.50. The molecule has 4 atom stereocenters. The number of rotatable bonds is 8. The summed E-state index contributed by atoms with van der Waals surface area (Å²) in [5.74, 6) is -0.446. The van der Waals surface area contributed by atoms with E-state index >= 15 is 8.78 Å². The number of benzene rings is 4. The average Bonchev–Trinajstić information content (AvgIpc) is 4.20. The number of aryl methyl sites for hydroxylation is 2. The van der Waals surface area contributed by atoms with Gasteiger partial charge in [-0.25, -0.2) is 18.7 Å². The smallest absolute Gasteiger partial charge is 0.233 e. The van der Waals surface area contributed by atoms with Crippen LogP contribution in [0.3, 0.4) is 0 Å². The van der Waals surface area contributed by atoms with Crippen molar-refractivity contribution in [2.24, 2.45) is 0 Å². The first-order valence-corrected chi connectivity index (χ1v) is 23.2. The van der Waals surface area contributed by atoms with Gasteiger partial charge in [0.25, 0.3) is 0 Å². The Kier molecular flexibility index (Phi) is 9.09. The maximum atomic E-state index is 15.2. The number of aromatic nitrogens is 2. The van der Waals surface area contributed by atoms with E-state index in [9.17, 15) is 15.0 Å². The minimum absolute atomic E-state index is 0.0600. The first-order chi connectivity index (χ1) is 31.0. The van der Waals surface area contributed by atoms with E-state index in [1.165, 1.54) is 71.2 Å². The Hall–Kier alpha value is -5.77. The van der Waals surface area contributed by atoms with Crippen LogP contribution in [0.15, 0.2) is 97.3 Å². The van der Waals surface area contributed by atoms with Crippen molar-refractivity contribution in [3.8, 4) is 22.3 Å². The largest absolute Gasteiger partial charge is 0.388 e. The van der Waals surface area contributed by atoms with Crippen molar-refractivity contribution in [1.82, 2.24) is 9.97 Å². The first kappa shape index (κ1) is 39.8. The zero-order chi connectivity index (χ0) is 43.6. The summed E-state index contributed by atoms with van der Waals surface area (Å²) in [6.07, 6.45) is 8.16. The summed E-state index contributed by atoms with van der Waals surface area (Å²) in [7, 11) is 0. The molecule has 2 aliphatic heterocycles. The zero-order valence-corrected chi connectivity index (χ0v) is 36.4. The van der Waals surface area contributed by atoms with Crippen LogP contribution >= 0.6 is 0 Å². The molecule has 324 valence electrons. The lowest BCUT2D eigenvalue weighted by Gasteiger charge is -2.28. The third kappa shape index (κ3) is 6.36. The van der Waals surface area contributed by atoms with E-state index in [0.29, 0.717) is 62.2 Å². The molecule has 2 saturated carbocycles. The number of nitrogens with zero attached hydrogens (tertiary/aromatic N) is 4. The number of hydrogen-bond acceptors (Lipinski definition) is 7. The molecule has 2 N–H and O–H groups in total. The third-order valence-electron chi connectivity index (χ3n) is 15.9. The number of pyridine rings is 2. The van der Waals surface area contributed by atoms with Crippen LogP contribution in [-0.4, -0.2) is 52.1 Å². The summed E-state index contributed by atoms with van der Waals surface area (Å²) in [6, 6.07) is 28.8. The van der Waals surface area contributed by atoms with E-state index in [4.69, 9.17) is 0 Å². The van der Waals surface area contributed by atoms with Crippen LogP contribution < -0.4 is 9.80 Å². The number of fused-ring (bicyclic) bond motifs is 4. The summed E-state index contributed by atoms with van der Waals surface area (Å²) < 4.78 is 30.5. The fourth-order valence-electron chi connectivity index (χ4n) is 12.6. The van der Waals surface area contributed by atoms with Gasteiger partial charge in [0.1, 0.15) is 23.0 Å². The molecule has 2 spiro atoms. The lowest BCUT2D eigenvalue weighted by Crippen LogP contribution is -2.31. The van der Waals surface area contributed by atoms with Crippen molar-refractivity contribution in [2.75, 3.05) is 36.0 Å². The Bertz CT molecular complexity index is 2730. The Morgan fingerprint density at radius 3 is 1.48 bits per heavy atom. The SMILES string of the molecule is Cc1cccc(-c2ccc3c(c2)C(O)CC32CCN(c3cc(F)cnc3C(=O)c3ncc(F)cc3N3CCC4(CC(O)c5cc(-c6cccc(C)c6C6CC6)ccc54)C3)C2)c1C1CC1. The molecule has 4 heterocycles. The molecule has 4 aliphatic carbocycles. The van der Waals surface area contributed by atoms with E-state index in [0.717, 1.165) is 58.6 Å². The van der Waals surface area contributed by atoms with Crippen molar-refractivity contribution in [3.05, 3.63) is 165 Å². The van der Waals surface area contributed by atoms with E-state index in [2.05, 4.69) is 96.6 Å². The molecular weight excluding hydrogens is 803 g/mol. The Morgan fingerprint density at radius 2 is 1.06 bits per heavy atom. The summed E-state index contributed by atoms with van der Waals surface area (Å²) in [5, 5.41) is 23.2. The molecule has 0 radical (unpaired) electrons. The van der Waals surface area contributed by atoms with Crippen LogP contribution in [0.2, 0.25) is 0 Å². The van der Waals surface area contributed by atoms with Crippen LogP contribution in [-0.2, 0) is 10.8 Å². The lowest BCUT2D eigenvalue weighted by atomic mass is 9.80. The molecule has 7 nitrogen and oxygen atoms in total. The van der Waals surface area contributed by atoms with Gasteiger partial charge in [-0.15, -0.1) is 0 Å². The summed E-state index contributed by atoms with van der Waals surface area (Å²) in [6.45, 7) is 6.40. The van der Waals surface area contributed by atoms with Gasteiger partial charge < -0.3 is 20.0 Å². The Labute approximate surface area is 372 Å². The average molecular weight is 855 g/mol. The number of ketones is 1. The number of halogens is 2. The van der Waals surface area contributed by atoms with Gasteiger partial charge in [0.05, 0.1) is 36.0 Å². The van der Waals surface area contributed by atoms with Crippen molar-refractivity contribution in [1.29, 1.82) is 0 Å². The lowest BCUT2D eigenvalue weighted by molar-refractivity contribution is 0.103. The first-order valence-electron chi connectivity index (χ1n) is 23.2. The van der Waals surface area contributed by atoms with Gasteiger partial charge in [0, 0.05) is 49.1 Å². The monoisotopic (exact) mass is 854 g/mol. The standard InChI is InChI=1S/C55H52F2N4O3/c1-31-5-3-7-39(49(31)33-9-10-33)35-13-15-43-41(21-35)47(62)25-54(43)17-19-60(29-54)45-23-37(56)27-58-51(45)53(64)52-46(24-38(57)28-59-52)61-20-18-55(30-61)26-48(63)42-22-36(14-16-44(42)55)40-8-4-6-32(2)50(40)34-11-12-34/h3-8,13-16,21-24,27-28,33-34,47-48,62-63H,9-12,17-20,25-26,29-30H2,1-2H3. The summed E-state index contributed by atoms with van der Waals surface area (Å²) in [5.41, 5.74) is 14.3. The molecule has 0 amide bonds. The van der Waals surface area contributed by atoms with Gasteiger partial charge in [-0.3, -0.25) is 4.79 Å². The van der Waals surface area contributed by atoms with Crippen LogP contribution in [0.4, 0.5) is 20.2 Å². The second-order valence-electron chi connectivity index (χ2n) is 19.9. The van der Waals surface area contributed by atoms with Gasteiger partial charge in [-0.05, 0) is 156 Å². The molecule has 4 fully saturated rings. The fraction of sp³-hybridized carbons (Fsp3) is 0.364. The van der Waals surface area contributed by atoms with Crippen LogP contribution in [0.1, 0.15) is 136 Å². The van der Waals surface area contributed by atoms with E-state index in [1.807, 2.05) is 9.80 Å². The molecule has 2 saturated heterocycles. The summed E-state index contributed by atoms with van der Waals surface area (Å²) >= 11 is 0. The van der Waals surface area contributed by atoms with Crippen LogP contribution in [0.5, 0.6) is 0 Å². The third-order valence-corrected chi connectivity index (χ3v) is 15.9. The predicted octanol–water partition coefficient (Wildman–Crippen LogP) is 10.9. The topological polar surface area (TPSA) is 89.8 Å². The molecule has 64 heavy (non-hydrogen) atoms. The highest BCUT2D eigenvalue weighted by atomic mass is 19.1. The minimum atomic E-state index is -0.645. The number of anilines is 2. The Balaban J connectivity index is 0.830. The van der Waals surface area contributed by atoms with Crippen molar-refractivity contribution < 1.29 is 23.8 Å². The zero-order valence-electron chi connectivity index (χ0n) is 36.4. The molecule has 9 heteroatoms. The van der Waals surface area contributed by atoms with Gasteiger partial charge in [-0.2, -0.15) is 0 Å². The number of aliphatic hydroxyl groups is 2. The van der Waals surface area contributed by atoms with Crippen LogP contribution in [0, 0.1) is 25.5 Å². The fourth-order valence-corrected chi connectivity index (χ4v) is 12.6. The van der Waals surface area contributed by atoms with Gasteiger partial charge >= 0.3 is 0 Å². The molecule has 4 aromatic carbocycles. The molecule has 4 unspecified atom stereocenters. The second-order valence-corrected chi connectivity index (χ2v) is 19.9. The quantitative estimate of drug-likeness (QED) is 0.147. The number of aliphatic hydroxyl groups excluding tert-OH is 2. The molecule has 12 rings (SSSR count). The number of carbonyl (C=O) groups is 1. The minimum Gasteiger partial charge on any atom is -0.388 e. The maximum Gasteiger partial charge on any atom is 0.233 e. The molecule has 6 aliphatic rings. The highest BCUT2D eigenvalue weighted by molar-refractivity contribution is 6.13. The van der Waals surface area contributed by atoms with Crippen molar-refractivity contribution in [2.45, 2.75) is 100 Å². The van der Waals surface area contributed by atoms with E-state index < -0.39 is 40.5 Å². The maximum absolute atomic E-state index is 15.2.